The monoisotopic (exact) mass is 577 g/mol. The number of nitrogens with two attached hydrogens (primary N) is 1. The fourth-order valence-corrected chi connectivity index (χ4v) is 11.7. The molecule has 7 aliphatic rings. The molecular formula is C30H49N4O5S+. The maximum Gasteiger partial charge on any atom is 0.250 e. The number of quaternary nitrogens is 1. The Balaban J connectivity index is 1.01. The average molecular weight is 578 g/mol. The van der Waals surface area contributed by atoms with E-state index in [4.69, 9.17) is 14.2 Å². The third kappa shape index (κ3) is 4.64. The first-order chi connectivity index (χ1) is 19.5. The molecular weight excluding hydrogens is 528 g/mol. The van der Waals surface area contributed by atoms with Gasteiger partial charge in [-0.2, -0.15) is 0 Å². The number of nitrogens with one attached hydrogen (secondary N) is 2. The lowest BCUT2D eigenvalue weighted by atomic mass is 9.64. The van der Waals surface area contributed by atoms with Crippen molar-refractivity contribution in [2.75, 3.05) is 20.8 Å². The topological polar surface area (TPSA) is 106 Å². The Kier molecular flexibility index (Phi) is 7.88. The van der Waals surface area contributed by atoms with Gasteiger partial charge < -0.3 is 29.7 Å². The summed E-state index contributed by atoms with van der Waals surface area (Å²) < 4.78 is 18.2. The third-order valence-corrected chi connectivity index (χ3v) is 13.2. The van der Waals surface area contributed by atoms with Gasteiger partial charge >= 0.3 is 0 Å². The second-order valence-corrected chi connectivity index (χ2v) is 14.9. The van der Waals surface area contributed by atoms with E-state index in [-0.39, 0.29) is 41.7 Å². The zero-order valence-electron chi connectivity index (χ0n) is 24.3. The predicted molar refractivity (Wildman–Crippen MR) is 151 cm³/mol. The molecule has 4 heterocycles. The molecule has 3 aliphatic carbocycles. The van der Waals surface area contributed by atoms with Crippen LogP contribution in [-0.4, -0.2) is 96.8 Å². The highest BCUT2D eigenvalue weighted by Crippen LogP contribution is 2.53. The number of thioether (sulfide) groups is 1. The van der Waals surface area contributed by atoms with E-state index in [1.807, 2.05) is 18.7 Å². The normalized spacial score (nSPS) is 48.5. The minimum Gasteiger partial charge on any atom is -0.379 e. The van der Waals surface area contributed by atoms with Crippen LogP contribution in [0.4, 0.5) is 0 Å². The quantitative estimate of drug-likeness (QED) is 0.436. The first kappa shape index (κ1) is 27.9. The van der Waals surface area contributed by atoms with Crippen LogP contribution in [0.2, 0.25) is 0 Å². The van der Waals surface area contributed by atoms with Crippen molar-refractivity contribution in [3.8, 4) is 0 Å². The van der Waals surface area contributed by atoms with Crippen molar-refractivity contribution >= 4 is 23.6 Å². The van der Waals surface area contributed by atoms with Gasteiger partial charge in [0, 0.05) is 43.9 Å². The Hall–Kier alpha value is -0.910. The van der Waals surface area contributed by atoms with E-state index >= 15 is 0 Å². The molecule has 224 valence electrons. The summed E-state index contributed by atoms with van der Waals surface area (Å²) in [7, 11) is 3.49. The maximum atomic E-state index is 14.2. The van der Waals surface area contributed by atoms with E-state index in [2.05, 4.69) is 20.9 Å². The van der Waals surface area contributed by atoms with Crippen molar-refractivity contribution < 1.29 is 29.1 Å². The number of amides is 2. The standard InChI is InChI=1S/C30H48N4O5S/c1-15(28(35)33-30-32-20-6-4-5-7-23(20)40-30)39-16-8-10-21-19(14-16)17-12-13-31-25-18-9-11-22(37-2)27(38-3)24(18)29(36)34(21)26(17)25/h15-27,30-32H,4-14H2,1-3H3,(H,33,35)/p+1. The van der Waals surface area contributed by atoms with E-state index in [0.29, 0.717) is 47.0 Å². The molecule has 0 aromatic rings. The molecule has 40 heavy (non-hydrogen) atoms. The molecule has 14 unspecified atom stereocenters. The molecule has 4 N–H and O–H groups in total. The highest BCUT2D eigenvalue weighted by molar-refractivity contribution is 8.00. The first-order valence-corrected chi connectivity index (χ1v) is 17.0. The smallest absolute Gasteiger partial charge is 0.250 e. The lowest BCUT2D eigenvalue weighted by Gasteiger charge is -2.53. The molecule has 0 radical (unpaired) electrons. The van der Waals surface area contributed by atoms with Crippen molar-refractivity contribution in [1.29, 1.82) is 0 Å². The first-order valence-electron chi connectivity index (χ1n) is 16.1. The molecule has 4 aliphatic heterocycles. The second-order valence-electron chi connectivity index (χ2n) is 13.6. The van der Waals surface area contributed by atoms with E-state index in [1.165, 1.54) is 25.7 Å². The lowest BCUT2D eigenvalue weighted by molar-refractivity contribution is -0.713. The molecule has 14 atom stereocenters. The van der Waals surface area contributed by atoms with Gasteiger partial charge in [-0.25, -0.2) is 0 Å². The molecule has 3 saturated carbocycles. The van der Waals surface area contributed by atoms with Crippen LogP contribution >= 0.6 is 11.8 Å². The van der Waals surface area contributed by atoms with Crippen LogP contribution in [0.3, 0.4) is 0 Å². The van der Waals surface area contributed by atoms with E-state index < -0.39 is 6.10 Å². The molecule has 4 saturated heterocycles. The molecule has 0 spiro atoms. The molecule has 9 nitrogen and oxygen atoms in total. The average Bonchev–Trinajstić information content (AvgIpc) is 3.53. The van der Waals surface area contributed by atoms with Crippen molar-refractivity contribution in [2.45, 2.75) is 130 Å². The fourth-order valence-electron chi connectivity index (χ4n) is 10.2. The van der Waals surface area contributed by atoms with E-state index in [9.17, 15) is 9.59 Å². The number of nitrogens with zero attached hydrogens (tertiary/aromatic N) is 1. The highest BCUT2D eigenvalue weighted by Gasteiger charge is 2.66. The van der Waals surface area contributed by atoms with Gasteiger partial charge in [-0.05, 0) is 63.7 Å². The number of ether oxygens (including phenoxy) is 3. The van der Waals surface area contributed by atoms with Gasteiger partial charge in [0.15, 0.2) is 0 Å². The summed E-state index contributed by atoms with van der Waals surface area (Å²) in [6.07, 6.45) is 10.4. The van der Waals surface area contributed by atoms with Gasteiger partial charge in [-0.15, -0.1) is 11.8 Å². The third-order valence-electron chi connectivity index (χ3n) is 11.8. The van der Waals surface area contributed by atoms with E-state index in [0.717, 1.165) is 45.1 Å². The summed E-state index contributed by atoms with van der Waals surface area (Å²) in [4.78, 5) is 29.7. The van der Waals surface area contributed by atoms with Gasteiger partial charge in [-0.1, -0.05) is 12.8 Å². The Bertz CT molecular complexity index is 958. The molecule has 0 aromatic carbocycles. The van der Waals surface area contributed by atoms with Crippen LogP contribution in [0, 0.1) is 23.7 Å². The molecule has 0 aromatic heterocycles. The summed E-state index contributed by atoms with van der Waals surface area (Å²) in [6, 6.07) is 1.58. The predicted octanol–water partition coefficient (Wildman–Crippen LogP) is 1.21. The number of carbonyl (C=O) groups excluding carboxylic acids is 2. The van der Waals surface area contributed by atoms with Crippen molar-refractivity contribution in [2.24, 2.45) is 23.7 Å². The van der Waals surface area contributed by atoms with Crippen LogP contribution < -0.4 is 16.0 Å². The van der Waals surface area contributed by atoms with Crippen LogP contribution in [0.25, 0.3) is 0 Å². The molecule has 0 bridgehead atoms. The summed E-state index contributed by atoms with van der Waals surface area (Å²) in [5, 5.41) is 9.99. The Labute approximate surface area is 242 Å². The molecule has 2 amide bonds. The maximum absolute atomic E-state index is 14.2. The summed E-state index contributed by atoms with van der Waals surface area (Å²) in [5.41, 5.74) is -0.00765. The minimum atomic E-state index is -0.471. The van der Waals surface area contributed by atoms with Gasteiger partial charge in [0.2, 0.25) is 5.91 Å². The minimum absolute atomic E-state index is 0.00765. The Morgan fingerprint density at radius 1 is 1.05 bits per heavy atom. The number of hydrogen-bond donors (Lipinski definition) is 3. The van der Waals surface area contributed by atoms with Gasteiger partial charge in [0.25, 0.3) is 5.91 Å². The van der Waals surface area contributed by atoms with Crippen molar-refractivity contribution in [3.63, 3.8) is 0 Å². The SMILES string of the molecule is COC1CCC2C3[NH2+]CCC4C5CC(OC(C)C(=O)NC6NC7CCCCC7S6)CCC5N(C(=O)C2C1OC)C43. The molecule has 10 heteroatoms. The zero-order valence-corrected chi connectivity index (χ0v) is 25.2. The Morgan fingerprint density at radius 2 is 1.90 bits per heavy atom. The second kappa shape index (κ2) is 11.3. The molecule has 7 rings (SSSR count). The summed E-state index contributed by atoms with van der Waals surface area (Å²) in [6.45, 7) is 3.03. The summed E-state index contributed by atoms with van der Waals surface area (Å²) >= 11 is 1.88. The van der Waals surface area contributed by atoms with Crippen molar-refractivity contribution in [3.05, 3.63) is 0 Å². The van der Waals surface area contributed by atoms with E-state index in [1.54, 1.807) is 14.2 Å². The lowest BCUT2D eigenvalue weighted by Crippen LogP contribution is -2.99. The number of fused-ring (bicyclic) bond motifs is 6. The van der Waals surface area contributed by atoms with Gasteiger partial charge in [0.05, 0.1) is 36.8 Å². The summed E-state index contributed by atoms with van der Waals surface area (Å²) in [5.74, 6) is 1.52. The molecule has 7 fully saturated rings. The van der Waals surface area contributed by atoms with Crippen molar-refractivity contribution in [1.82, 2.24) is 15.5 Å². The van der Waals surface area contributed by atoms with Crippen LogP contribution in [-0.2, 0) is 23.8 Å². The van der Waals surface area contributed by atoms with Crippen LogP contribution in [0.15, 0.2) is 0 Å². The number of methoxy groups -OCH3 is 2. The Morgan fingerprint density at radius 3 is 2.70 bits per heavy atom. The number of hydrogen-bond acceptors (Lipinski definition) is 7. The highest BCUT2D eigenvalue weighted by atomic mass is 32.2. The number of rotatable bonds is 6. The number of piperidine rings is 2. The largest absolute Gasteiger partial charge is 0.379 e. The number of carbonyl (C=O) groups is 2. The van der Waals surface area contributed by atoms with Crippen LogP contribution in [0.5, 0.6) is 0 Å². The zero-order chi connectivity index (χ0) is 27.5. The van der Waals surface area contributed by atoms with Gasteiger partial charge in [-0.3, -0.25) is 14.9 Å². The van der Waals surface area contributed by atoms with Crippen LogP contribution in [0.1, 0.15) is 71.1 Å². The fraction of sp³-hybridized carbons (Fsp3) is 0.933. The van der Waals surface area contributed by atoms with Gasteiger partial charge in [0.1, 0.15) is 17.6 Å².